The summed E-state index contributed by atoms with van der Waals surface area (Å²) < 4.78 is 2.29. The van der Waals surface area contributed by atoms with E-state index in [1.165, 1.54) is 16.6 Å². The molecule has 0 radical (unpaired) electrons. The van der Waals surface area contributed by atoms with Gasteiger partial charge in [0.15, 0.2) is 0 Å². The Balaban J connectivity index is 2.37. The van der Waals surface area contributed by atoms with Crippen LogP contribution >= 0.6 is 15.9 Å². The molecule has 0 aliphatic carbocycles. The molecule has 1 aromatic carbocycles. The highest BCUT2D eigenvalue weighted by molar-refractivity contribution is 9.09. The molecule has 0 amide bonds. The van der Waals surface area contributed by atoms with E-state index in [4.69, 9.17) is 0 Å². The summed E-state index contributed by atoms with van der Waals surface area (Å²) in [7, 11) is 0. The molecule has 3 heteroatoms. The van der Waals surface area contributed by atoms with Gasteiger partial charge in [0.05, 0.1) is 17.4 Å². The second-order valence-electron chi connectivity index (χ2n) is 5.48. The summed E-state index contributed by atoms with van der Waals surface area (Å²) in [6, 6.07) is 4.43. The Morgan fingerprint density at radius 2 is 1.89 bits per heavy atom. The molecule has 2 rings (SSSR count). The Hall–Kier alpha value is -0.830. The quantitative estimate of drug-likeness (QED) is 0.769. The molecule has 1 unspecified atom stereocenters. The van der Waals surface area contributed by atoms with Crippen LogP contribution in [0.1, 0.15) is 25.0 Å². The van der Waals surface area contributed by atoms with Crippen LogP contribution in [-0.4, -0.2) is 14.9 Å². The normalized spacial score (nSPS) is 13.4. The van der Waals surface area contributed by atoms with Gasteiger partial charge in [0.1, 0.15) is 0 Å². The van der Waals surface area contributed by atoms with E-state index in [0.29, 0.717) is 11.8 Å². The lowest BCUT2D eigenvalue weighted by molar-refractivity contribution is 0.377. The number of benzene rings is 1. The zero-order valence-electron chi connectivity index (χ0n) is 11.6. The first kappa shape index (κ1) is 13.6. The van der Waals surface area contributed by atoms with E-state index >= 15 is 0 Å². The second kappa shape index (κ2) is 5.43. The van der Waals surface area contributed by atoms with Crippen molar-refractivity contribution in [3.05, 3.63) is 29.6 Å². The van der Waals surface area contributed by atoms with E-state index < -0.39 is 0 Å². The van der Waals surface area contributed by atoms with Crippen molar-refractivity contribution in [3.63, 3.8) is 0 Å². The smallest absolute Gasteiger partial charge is 0.0958 e. The molecule has 0 bridgehead atoms. The molecule has 1 aromatic heterocycles. The predicted molar refractivity (Wildman–Crippen MR) is 81.3 cm³/mol. The number of nitrogens with zero attached hydrogens (tertiary/aromatic N) is 2. The summed E-state index contributed by atoms with van der Waals surface area (Å²) in [5.74, 6) is 1.32. The lowest BCUT2D eigenvalue weighted by Gasteiger charge is -2.19. The van der Waals surface area contributed by atoms with Gasteiger partial charge in [-0.3, -0.25) is 0 Å². The lowest BCUT2D eigenvalue weighted by Crippen LogP contribution is -2.17. The Morgan fingerprint density at radius 1 is 1.22 bits per heavy atom. The SMILES string of the molecule is Cc1cc2ncn(CC(CBr)C(C)C)c2cc1C. The largest absolute Gasteiger partial charge is 0.330 e. The maximum absolute atomic E-state index is 4.51. The molecular formula is C15H21BrN2. The molecule has 2 nitrogen and oxygen atoms in total. The van der Waals surface area contributed by atoms with Gasteiger partial charge in [-0.1, -0.05) is 29.8 Å². The van der Waals surface area contributed by atoms with Crippen LogP contribution in [0, 0.1) is 25.7 Å². The van der Waals surface area contributed by atoms with E-state index in [-0.39, 0.29) is 0 Å². The summed E-state index contributed by atoms with van der Waals surface area (Å²) >= 11 is 3.62. The monoisotopic (exact) mass is 308 g/mol. The van der Waals surface area contributed by atoms with Crippen molar-refractivity contribution in [2.45, 2.75) is 34.2 Å². The molecule has 0 N–H and O–H groups in total. The maximum atomic E-state index is 4.51. The fourth-order valence-electron chi connectivity index (χ4n) is 2.15. The van der Waals surface area contributed by atoms with Crippen molar-refractivity contribution in [1.29, 1.82) is 0 Å². The van der Waals surface area contributed by atoms with Gasteiger partial charge in [0.2, 0.25) is 0 Å². The van der Waals surface area contributed by atoms with Crippen LogP contribution in [0.15, 0.2) is 18.5 Å². The van der Waals surface area contributed by atoms with Crippen LogP contribution in [0.2, 0.25) is 0 Å². The third-order valence-electron chi connectivity index (χ3n) is 3.81. The van der Waals surface area contributed by atoms with Crippen LogP contribution < -0.4 is 0 Å². The first-order chi connectivity index (χ1) is 8.52. The highest BCUT2D eigenvalue weighted by Gasteiger charge is 2.14. The number of halogens is 1. The predicted octanol–water partition coefficient (Wildman–Crippen LogP) is 4.32. The standard InChI is InChI=1S/C15H21BrN2/c1-10(2)13(7-16)8-18-9-17-14-5-11(3)12(4)6-15(14)18/h5-6,9-10,13H,7-8H2,1-4H3. The van der Waals surface area contributed by atoms with Gasteiger partial charge in [-0.25, -0.2) is 4.98 Å². The van der Waals surface area contributed by atoms with Gasteiger partial charge in [-0.15, -0.1) is 0 Å². The van der Waals surface area contributed by atoms with Crippen molar-refractivity contribution in [1.82, 2.24) is 9.55 Å². The van der Waals surface area contributed by atoms with Gasteiger partial charge < -0.3 is 4.57 Å². The molecular weight excluding hydrogens is 288 g/mol. The Bertz CT molecular complexity index is 543. The summed E-state index contributed by atoms with van der Waals surface area (Å²) in [5, 5.41) is 1.04. The summed E-state index contributed by atoms with van der Waals surface area (Å²) in [6.45, 7) is 9.89. The number of hydrogen-bond acceptors (Lipinski definition) is 1. The van der Waals surface area contributed by atoms with Crippen LogP contribution in [-0.2, 0) is 6.54 Å². The maximum Gasteiger partial charge on any atom is 0.0958 e. The number of alkyl halides is 1. The van der Waals surface area contributed by atoms with Gasteiger partial charge in [0.25, 0.3) is 0 Å². The molecule has 98 valence electrons. The minimum Gasteiger partial charge on any atom is -0.330 e. The minimum atomic E-state index is 0.643. The number of aromatic nitrogens is 2. The summed E-state index contributed by atoms with van der Waals surface area (Å²) in [6.07, 6.45) is 1.97. The van der Waals surface area contributed by atoms with E-state index in [9.17, 15) is 0 Å². The van der Waals surface area contributed by atoms with E-state index in [2.05, 4.69) is 65.3 Å². The Kier molecular flexibility index (Phi) is 4.10. The number of fused-ring (bicyclic) bond motifs is 1. The lowest BCUT2D eigenvalue weighted by atomic mass is 9.98. The van der Waals surface area contributed by atoms with Gasteiger partial charge in [-0.2, -0.15) is 0 Å². The zero-order chi connectivity index (χ0) is 13.3. The first-order valence-corrected chi connectivity index (χ1v) is 7.63. The molecule has 1 heterocycles. The van der Waals surface area contributed by atoms with Crippen molar-refractivity contribution in [2.24, 2.45) is 11.8 Å². The number of rotatable bonds is 4. The van der Waals surface area contributed by atoms with Crippen molar-refractivity contribution >= 4 is 27.0 Å². The van der Waals surface area contributed by atoms with Crippen LogP contribution in [0.3, 0.4) is 0 Å². The first-order valence-electron chi connectivity index (χ1n) is 6.51. The van der Waals surface area contributed by atoms with Crippen molar-refractivity contribution in [3.8, 4) is 0 Å². The molecule has 18 heavy (non-hydrogen) atoms. The van der Waals surface area contributed by atoms with Crippen LogP contribution in [0.4, 0.5) is 0 Å². The van der Waals surface area contributed by atoms with Crippen molar-refractivity contribution in [2.75, 3.05) is 5.33 Å². The minimum absolute atomic E-state index is 0.643. The fourth-order valence-corrected chi connectivity index (χ4v) is 3.10. The van der Waals surface area contributed by atoms with Crippen molar-refractivity contribution < 1.29 is 0 Å². The molecule has 0 saturated carbocycles. The third-order valence-corrected chi connectivity index (χ3v) is 4.64. The highest BCUT2D eigenvalue weighted by Crippen LogP contribution is 2.22. The van der Waals surface area contributed by atoms with E-state index in [1.807, 2.05) is 6.33 Å². The summed E-state index contributed by atoms with van der Waals surface area (Å²) in [5.41, 5.74) is 5.01. The number of imidazole rings is 1. The Morgan fingerprint density at radius 3 is 2.50 bits per heavy atom. The van der Waals surface area contributed by atoms with Crippen LogP contribution in [0.25, 0.3) is 11.0 Å². The molecule has 2 aromatic rings. The molecule has 0 saturated heterocycles. The number of hydrogen-bond donors (Lipinski definition) is 0. The summed E-state index contributed by atoms with van der Waals surface area (Å²) in [4.78, 5) is 4.51. The van der Waals surface area contributed by atoms with Gasteiger partial charge in [0, 0.05) is 11.9 Å². The second-order valence-corrected chi connectivity index (χ2v) is 6.13. The van der Waals surface area contributed by atoms with E-state index in [1.54, 1.807) is 0 Å². The average Bonchev–Trinajstić information content (AvgIpc) is 2.69. The molecule has 0 fully saturated rings. The van der Waals surface area contributed by atoms with Gasteiger partial charge >= 0.3 is 0 Å². The van der Waals surface area contributed by atoms with Crippen LogP contribution in [0.5, 0.6) is 0 Å². The fraction of sp³-hybridized carbons (Fsp3) is 0.533. The molecule has 0 aliphatic heterocycles. The molecule has 1 atom stereocenters. The van der Waals surface area contributed by atoms with E-state index in [0.717, 1.165) is 17.4 Å². The topological polar surface area (TPSA) is 17.8 Å². The third kappa shape index (κ3) is 2.61. The Labute approximate surface area is 118 Å². The average molecular weight is 309 g/mol. The number of aryl methyl sites for hydroxylation is 2. The molecule has 0 spiro atoms. The van der Waals surface area contributed by atoms with Gasteiger partial charge in [-0.05, 0) is 48.9 Å². The molecule has 0 aliphatic rings. The zero-order valence-corrected chi connectivity index (χ0v) is 13.2. The highest BCUT2D eigenvalue weighted by atomic mass is 79.9.